The van der Waals surface area contributed by atoms with Gasteiger partial charge in [0.15, 0.2) is 9.47 Å². The number of aromatic nitrogens is 3. The van der Waals surface area contributed by atoms with E-state index >= 15 is 0 Å². The third-order valence-electron chi connectivity index (χ3n) is 3.52. The summed E-state index contributed by atoms with van der Waals surface area (Å²) >= 11 is 11.0. The SMILES string of the molecule is CC(=O)N(c1nc(CSc2nnc(C)s2)cs1)c1c(C)cc(C)cc1Cl. The highest BCUT2D eigenvalue weighted by Gasteiger charge is 2.22. The van der Waals surface area contributed by atoms with Gasteiger partial charge in [-0.2, -0.15) is 0 Å². The van der Waals surface area contributed by atoms with Crippen LogP contribution in [-0.2, 0) is 10.5 Å². The van der Waals surface area contributed by atoms with Crippen LogP contribution in [0.3, 0.4) is 0 Å². The number of thiazole rings is 1. The second-order valence-corrected chi connectivity index (χ2v) is 9.41. The van der Waals surface area contributed by atoms with Gasteiger partial charge in [-0.25, -0.2) is 4.98 Å². The topological polar surface area (TPSA) is 59.0 Å². The van der Waals surface area contributed by atoms with Gasteiger partial charge in [0.1, 0.15) is 5.01 Å². The molecule has 2 aromatic heterocycles. The van der Waals surface area contributed by atoms with Crippen LogP contribution in [-0.4, -0.2) is 21.1 Å². The van der Waals surface area contributed by atoms with Crippen molar-refractivity contribution in [2.24, 2.45) is 0 Å². The molecule has 0 fully saturated rings. The number of halogens is 1. The molecule has 2 heterocycles. The molecule has 136 valence electrons. The molecule has 0 aliphatic rings. The molecule has 26 heavy (non-hydrogen) atoms. The number of benzene rings is 1. The molecular formula is C17H17ClN4OS3. The predicted octanol–water partition coefficient (Wildman–Crippen LogP) is 5.55. The first-order chi connectivity index (χ1) is 12.3. The zero-order valence-corrected chi connectivity index (χ0v) is 17.9. The summed E-state index contributed by atoms with van der Waals surface area (Å²) in [6.07, 6.45) is 0. The summed E-state index contributed by atoms with van der Waals surface area (Å²) in [4.78, 5) is 18.6. The fourth-order valence-electron chi connectivity index (χ4n) is 2.52. The molecule has 0 unspecified atom stereocenters. The van der Waals surface area contributed by atoms with Crippen LogP contribution in [0.2, 0.25) is 5.02 Å². The van der Waals surface area contributed by atoms with Crippen LogP contribution in [0.15, 0.2) is 21.9 Å². The Bertz CT molecular complexity index is 930. The Morgan fingerprint density at radius 3 is 2.65 bits per heavy atom. The van der Waals surface area contributed by atoms with Crippen LogP contribution in [0.4, 0.5) is 10.8 Å². The molecule has 0 saturated heterocycles. The average molecular weight is 425 g/mol. The molecule has 0 saturated carbocycles. The monoisotopic (exact) mass is 424 g/mol. The van der Waals surface area contributed by atoms with Crippen molar-refractivity contribution < 1.29 is 4.79 Å². The third kappa shape index (κ3) is 4.25. The first-order valence-corrected chi connectivity index (χ1v) is 10.9. The summed E-state index contributed by atoms with van der Waals surface area (Å²) < 4.78 is 0.915. The van der Waals surface area contributed by atoms with E-state index in [9.17, 15) is 4.79 Å². The number of nitrogens with zero attached hydrogens (tertiary/aromatic N) is 4. The van der Waals surface area contributed by atoms with E-state index in [1.165, 1.54) is 18.3 Å². The molecule has 0 spiro atoms. The lowest BCUT2D eigenvalue weighted by molar-refractivity contribution is -0.115. The number of hydrogen-bond donors (Lipinski definition) is 0. The van der Waals surface area contributed by atoms with Gasteiger partial charge in [-0.1, -0.05) is 40.8 Å². The second kappa shape index (κ2) is 8.04. The maximum absolute atomic E-state index is 12.3. The molecule has 0 aliphatic heterocycles. The average Bonchev–Trinajstić information content (AvgIpc) is 3.17. The van der Waals surface area contributed by atoms with Gasteiger partial charge in [-0.05, 0) is 38.0 Å². The summed E-state index contributed by atoms with van der Waals surface area (Å²) in [5.41, 5.74) is 3.59. The Balaban J connectivity index is 1.86. The fraction of sp³-hybridized carbons (Fsp3) is 0.294. The number of thioether (sulfide) groups is 1. The van der Waals surface area contributed by atoms with Crippen molar-refractivity contribution in [2.75, 3.05) is 4.90 Å². The Labute approximate surface area is 169 Å². The summed E-state index contributed by atoms with van der Waals surface area (Å²) in [7, 11) is 0. The lowest BCUT2D eigenvalue weighted by Crippen LogP contribution is -2.24. The lowest BCUT2D eigenvalue weighted by atomic mass is 10.1. The van der Waals surface area contributed by atoms with E-state index in [1.54, 1.807) is 28.0 Å². The predicted molar refractivity (Wildman–Crippen MR) is 110 cm³/mol. The minimum absolute atomic E-state index is 0.118. The van der Waals surface area contributed by atoms with E-state index < -0.39 is 0 Å². The van der Waals surface area contributed by atoms with Gasteiger partial charge < -0.3 is 0 Å². The minimum atomic E-state index is -0.118. The molecule has 0 radical (unpaired) electrons. The number of aryl methyl sites for hydroxylation is 3. The number of rotatable bonds is 5. The molecule has 9 heteroatoms. The van der Waals surface area contributed by atoms with Crippen molar-refractivity contribution >= 4 is 62.8 Å². The number of amides is 1. The molecule has 3 aromatic rings. The van der Waals surface area contributed by atoms with Crippen LogP contribution < -0.4 is 4.90 Å². The first-order valence-electron chi connectivity index (χ1n) is 7.80. The van der Waals surface area contributed by atoms with Gasteiger partial charge in [-0.15, -0.1) is 21.5 Å². The van der Waals surface area contributed by atoms with Crippen molar-refractivity contribution in [1.29, 1.82) is 0 Å². The molecule has 0 aliphatic carbocycles. The van der Waals surface area contributed by atoms with Crippen LogP contribution in [0.25, 0.3) is 0 Å². The van der Waals surface area contributed by atoms with Crippen molar-refractivity contribution in [3.63, 3.8) is 0 Å². The van der Waals surface area contributed by atoms with Crippen LogP contribution in [0.1, 0.15) is 28.8 Å². The molecule has 0 N–H and O–H groups in total. The minimum Gasteiger partial charge on any atom is -0.274 e. The van der Waals surface area contributed by atoms with Crippen molar-refractivity contribution in [1.82, 2.24) is 15.2 Å². The van der Waals surface area contributed by atoms with E-state index in [0.717, 1.165) is 26.2 Å². The van der Waals surface area contributed by atoms with Gasteiger partial charge >= 0.3 is 0 Å². The quantitative estimate of drug-likeness (QED) is 0.502. The molecule has 0 bridgehead atoms. The lowest BCUT2D eigenvalue weighted by Gasteiger charge is -2.22. The van der Waals surface area contributed by atoms with Gasteiger partial charge in [0.2, 0.25) is 5.91 Å². The Morgan fingerprint density at radius 1 is 1.27 bits per heavy atom. The summed E-state index contributed by atoms with van der Waals surface area (Å²) in [5.74, 6) is 0.560. The molecule has 3 rings (SSSR count). The van der Waals surface area contributed by atoms with Gasteiger partial charge in [0, 0.05) is 18.1 Å². The molecule has 1 amide bonds. The van der Waals surface area contributed by atoms with Crippen molar-refractivity contribution in [2.45, 2.75) is 37.8 Å². The number of carbonyl (C=O) groups excluding carboxylic acids is 1. The van der Waals surface area contributed by atoms with Gasteiger partial charge in [-0.3, -0.25) is 9.69 Å². The molecule has 1 aromatic carbocycles. The standard InChI is InChI=1S/C17H17ClN4OS3/c1-9-5-10(2)15(14(18)6-9)22(12(4)23)16-19-13(7-24-16)8-25-17-21-20-11(3)26-17/h5-7H,8H2,1-4H3. The fourth-order valence-corrected chi connectivity index (χ4v) is 5.61. The highest BCUT2D eigenvalue weighted by atomic mass is 35.5. The van der Waals surface area contributed by atoms with Crippen molar-refractivity contribution in [3.8, 4) is 0 Å². The zero-order valence-electron chi connectivity index (χ0n) is 14.7. The Kier molecular flexibility index (Phi) is 5.96. The van der Waals surface area contributed by atoms with Crippen LogP contribution in [0, 0.1) is 20.8 Å². The number of carbonyl (C=O) groups is 1. The molecular weight excluding hydrogens is 408 g/mol. The summed E-state index contributed by atoms with van der Waals surface area (Å²) in [5, 5.41) is 12.2. The zero-order chi connectivity index (χ0) is 18.8. The highest BCUT2D eigenvalue weighted by molar-refractivity contribution is 8.00. The normalized spacial score (nSPS) is 11.0. The summed E-state index contributed by atoms with van der Waals surface area (Å²) in [6.45, 7) is 7.39. The number of anilines is 2. The van der Waals surface area contributed by atoms with E-state index in [0.29, 0.717) is 21.6 Å². The Morgan fingerprint density at radius 2 is 2.04 bits per heavy atom. The Hall–Kier alpha value is -1.48. The van der Waals surface area contributed by atoms with E-state index in [1.807, 2.05) is 38.3 Å². The molecule has 5 nitrogen and oxygen atoms in total. The summed E-state index contributed by atoms with van der Waals surface area (Å²) in [6, 6.07) is 3.88. The maximum Gasteiger partial charge on any atom is 0.230 e. The van der Waals surface area contributed by atoms with Crippen LogP contribution >= 0.6 is 46.0 Å². The van der Waals surface area contributed by atoms with Gasteiger partial charge in [0.25, 0.3) is 0 Å². The second-order valence-electron chi connectivity index (χ2n) is 5.76. The van der Waals surface area contributed by atoms with E-state index in [-0.39, 0.29) is 5.91 Å². The largest absolute Gasteiger partial charge is 0.274 e. The van der Waals surface area contributed by atoms with E-state index in [4.69, 9.17) is 11.6 Å². The third-order valence-corrected chi connectivity index (χ3v) is 6.69. The molecule has 0 atom stereocenters. The van der Waals surface area contributed by atoms with Gasteiger partial charge in [0.05, 0.1) is 16.4 Å². The number of hydrogen-bond acceptors (Lipinski definition) is 7. The van der Waals surface area contributed by atoms with E-state index in [2.05, 4.69) is 15.2 Å². The highest BCUT2D eigenvalue weighted by Crippen LogP contribution is 2.38. The smallest absolute Gasteiger partial charge is 0.230 e. The maximum atomic E-state index is 12.3. The first kappa shape index (κ1) is 19.3. The van der Waals surface area contributed by atoms with Crippen LogP contribution in [0.5, 0.6) is 0 Å². The van der Waals surface area contributed by atoms with Crippen molar-refractivity contribution in [3.05, 3.63) is 44.4 Å².